The lowest BCUT2D eigenvalue weighted by atomic mass is 9.85. The van der Waals surface area contributed by atoms with E-state index >= 15 is 0 Å². The number of aromatic nitrogens is 1. The van der Waals surface area contributed by atoms with Crippen LogP contribution in [-0.4, -0.2) is 55.2 Å². The average molecular weight is 394 g/mol. The van der Waals surface area contributed by atoms with Gasteiger partial charge in [-0.05, 0) is 24.6 Å². The molecule has 2 aromatic rings. The molecule has 3 rings (SSSR count). The van der Waals surface area contributed by atoms with E-state index < -0.39 is 0 Å². The van der Waals surface area contributed by atoms with Crippen LogP contribution < -0.4 is 0 Å². The minimum atomic E-state index is 0.0397. The third kappa shape index (κ3) is 5.31. The zero-order valence-corrected chi connectivity index (χ0v) is 17.6. The fraction of sp³-hybridized carbons (Fsp3) is 0.417. The molecule has 1 aliphatic rings. The quantitative estimate of drug-likeness (QED) is 0.521. The Morgan fingerprint density at radius 1 is 1.17 bits per heavy atom. The summed E-state index contributed by atoms with van der Waals surface area (Å²) in [7, 11) is 1.69. The van der Waals surface area contributed by atoms with Gasteiger partial charge >= 0.3 is 0 Å². The van der Waals surface area contributed by atoms with Gasteiger partial charge in [-0.1, -0.05) is 49.4 Å². The standard InChI is InChI=1S/C24H31N3O2/c1-4-20(26-22(5-2)28-3)24(27-15-17-29-18-16-27)23(19-11-7-6-8-12-19)21-13-9-10-14-25-21/h4,6-14,23-24H,5,15-18H2,1-3H3/b20-4-,26-22?. The van der Waals surface area contributed by atoms with Crippen molar-refractivity contribution in [2.45, 2.75) is 32.2 Å². The fourth-order valence-electron chi connectivity index (χ4n) is 3.87. The van der Waals surface area contributed by atoms with Crippen LogP contribution in [0.25, 0.3) is 0 Å². The molecule has 1 fully saturated rings. The van der Waals surface area contributed by atoms with Crippen LogP contribution in [0.5, 0.6) is 0 Å². The number of allylic oxidation sites excluding steroid dienone is 1. The Balaban J connectivity index is 2.13. The highest BCUT2D eigenvalue weighted by molar-refractivity contribution is 5.76. The Morgan fingerprint density at radius 2 is 1.90 bits per heavy atom. The molecule has 0 saturated carbocycles. The third-order valence-electron chi connectivity index (χ3n) is 5.31. The summed E-state index contributed by atoms with van der Waals surface area (Å²) in [6.07, 6.45) is 4.73. The van der Waals surface area contributed by atoms with Crippen molar-refractivity contribution in [1.29, 1.82) is 0 Å². The summed E-state index contributed by atoms with van der Waals surface area (Å²) in [5.74, 6) is 0.796. The Hall–Kier alpha value is -2.50. The fourth-order valence-corrected chi connectivity index (χ4v) is 3.87. The lowest BCUT2D eigenvalue weighted by molar-refractivity contribution is 0.0201. The second-order valence-corrected chi connectivity index (χ2v) is 7.01. The van der Waals surface area contributed by atoms with Gasteiger partial charge in [0.05, 0.1) is 32.1 Å². The van der Waals surface area contributed by atoms with Gasteiger partial charge in [-0.25, -0.2) is 4.99 Å². The molecule has 1 aromatic heterocycles. The van der Waals surface area contributed by atoms with Gasteiger partial charge in [0.1, 0.15) is 0 Å². The molecule has 2 atom stereocenters. The summed E-state index contributed by atoms with van der Waals surface area (Å²) in [4.78, 5) is 12.1. The number of rotatable bonds is 7. The molecule has 0 N–H and O–H groups in total. The largest absolute Gasteiger partial charge is 0.484 e. The smallest absolute Gasteiger partial charge is 0.187 e. The molecule has 1 aromatic carbocycles. The molecule has 0 radical (unpaired) electrons. The Kier molecular flexibility index (Phi) is 7.96. The van der Waals surface area contributed by atoms with Gasteiger partial charge in [-0.3, -0.25) is 9.88 Å². The van der Waals surface area contributed by atoms with E-state index in [0.29, 0.717) is 0 Å². The van der Waals surface area contributed by atoms with Crippen LogP contribution in [0.2, 0.25) is 0 Å². The van der Waals surface area contributed by atoms with Crippen LogP contribution >= 0.6 is 0 Å². The number of pyridine rings is 1. The maximum atomic E-state index is 5.64. The third-order valence-corrected chi connectivity index (χ3v) is 5.31. The maximum Gasteiger partial charge on any atom is 0.187 e. The van der Waals surface area contributed by atoms with E-state index in [1.165, 1.54) is 5.56 Å². The van der Waals surface area contributed by atoms with Crippen LogP contribution in [0.1, 0.15) is 37.4 Å². The zero-order valence-electron chi connectivity index (χ0n) is 17.6. The van der Waals surface area contributed by atoms with Gasteiger partial charge in [0.15, 0.2) is 5.90 Å². The summed E-state index contributed by atoms with van der Waals surface area (Å²) in [5, 5.41) is 0. The molecular formula is C24H31N3O2. The molecule has 0 spiro atoms. The van der Waals surface area contributed by atoms with Crippen LogP contribution in [0.3, 0.4) is 0 Å². The van der Waals surface area contributed by atoms with Crippen LogP contribution in [0.15, 0.2) is 71.5 Å². The van der Waals surface area contributed by atoms with Crippen molar-refractivity contribution in [2.24, 2.45) is 4.99 Å². The normalized spacial score (nSPS) is 18.3. The highest BCUT2D eigenvalue weighted by Gasteiger charge is 2.34. The van der Waals surface area contributed by atoms with Crippen molar-refractivity contribution in [3.8, 4) is 0 Å². The first kappa shape index (κ1) is 21.2. The monoisotopic (exact) mass is 393 g/mol. The molecular weight excluding hydrogens is 362 g/mol. The molecule has 1 aliphatic heterocycles. The summed E-state index contributed by atoms with van der Waals surface area (Å²) in [6, 6.07) is 16.8. The first-order chi connectivity index (χ1) is 14.3. The second kappa shape index (κ2) is 10.9. The molecule has 0 amide bonds. The van der Waals surface area contributed by atoms with Gasteiger partial charge in [0.25, 0.3) is 0 Å². The molecule has 2 unspecified atom stereocenters. The van der Waals surface area contributed by atoms with Crippen LogP contribution in [-0.2, 0) is 9.47 Å². The van der Waals surface area contributed by atoms with E-state index in [9.17, 15) is 0 Å². The van der Waals surface area contributed by atoms with E-state index in [4.69, 9.17) is 19.5 Å². The minimum Gasteiger partial charge on any atom is -0.484 e. The maximum absolute atomic E-state index is 5.64. The van der Waals surface area contributed by atoms with Gasteiger partial charge in [-0.15, -0.1) is 0 Å². The molecule has 0 aliphatic carbocycles. The molecule has 5 heteroatoms. The average Bonchev–Trinajstić information content (AvgIpc) is 2.80. The first-order valence-electron chi connectivity index (χ1n) is 10.3. The van der Waals surface area contributed by atoms with Crippen LogP contribution in [0.4, 0.5) is 0 Å². The Morgan fingerprint density at radius 3 is 2.48 bits per heavy atom. The lowest BCUT2D eigenvalue weighted by Crippen LogP contribution is -2.47. The van der Waals surface area contributed by atoms with Crippen molar-refractivity contribution in [3.63, 3.8) is 0 Å². The Labute approximate surface area is 174 Å². The summed E-state index contributed by atoms with van der Waals surface area (Å²) in [6.45, 7) is 7.30. The number of benzene rings is 1. The van der Waals surface area contributed by atoms with E-state index in [0.717, 1.165) is 50.0 Å². The van der Waals surface area contributed by atoms with E-state index in [1.807, 2.05) is 12.3 Å². The van der Waals surface area contributed by atoms with Crippen molar-refractivity contribution >= 4 is 5.90 Å². The topological polar surface area (TPSA) is 47.0 Å². The number of hydrogen-bond donors (Lipinski definition) is 0. The number of methoxy groups -OCH3 is 1. The minimum absolute atomic E-state index is 0.0397. The molecule has 29 heavy (non-hydrogen) atoms. The van der Waals surface area contributed by atoms with Crippen molar-refractivity contribution < 1.29 is 9.47 Å². The second-order valence-electron chi connectivity index (χ2n) is 7.01. The predicted molar refractivity (Wildman–Crippen MR) is 117 cm³/mol. The first-order valence-corrected chi connectivity index (χ1v) is 10.3. The number of hydrogen-bond acceptors (Lipinski definition) is 5. The summed E-state index contributed by atoms with van der Waals surface area (Å²) in [5.41, 5.74) is 3.28. The lowest BCUT2D eigenvalue weighted by Gasteiger charge is -2.39. The van der Waals surface area contributed by atoms with E-state index in [-0.39, 0.29) is 12.0 Å². The number of nitrogens with zero attached hydrogens (tertiary/aromatic N) is 3. The molecule has 1 saturated heterocycles. The van der Waals surface area contributed by atoms with Crippen molar-refractivity contribution in [1.82, 2.24) is 9.88 Å². The SMILES string of the molecule is C/C=C(\N=C(CC)OC)C(C(c1ccccc1)c1ccccn1)N1CCOCC1. The highest BCUT2D eigenvalue weighted by atomic mass is 16.5. The molecule has 2 heterocycles. The van der Waals surface area contributed by atoms with Gasteiger partial charge in [-0.2, -0.15) is 0 Å². The van der Waals surface area contributed by atoms with Gasteiger partial charge in [0, 0.05) is 37.3 Å². The zero-order chi connectivity index (χ0) is 20.5. The van der Waals surface area contributed by atoms with E-state index in [2.05, 4.69) is 67.3 Å². The van der Waals surface area contributed by atoms with Crippen LogP contribution in [0, 0.1) is 0 Å². The summed E-state index contributed by atoms with van der Waals surface area (Å²) < 4.78 is 11.2. The molecule has 0 bridgehead atoms. The van der Waals surface area contributed by atoms with Crippen molar-refractivity contribution in [2.75, 3.05) is 33.4 Å². The van der Waals surface area contributed by atoms with Gasteiger partial charge in [0.2, 0.25) is 0 Å². The van der Waals surface area contributed by atoms with Crippen molar-refractivity contribution in [3.05, 3.63) is 77.8 Å². The number of ether oxygens (including phenoxy) is 2. The molecule has 5 nitrogen and oxygen atoms in total. The number of aliphatic imine (C=N–C) groups is 1. The highest BCUT2D eigenvalue weighted by Crippen LogP contribution is 2.35. The molecule has 154 valence electrons. The van der Waals surface area contributed by atoms with Gasteiger partial charge < -0.3 is 9.47 Å². The predicted octanol–water partition coefficient (Wildman–Crippen LogP) is 4.27. The number of morpholine rings is 1. The Bertz CT molecular complexity index is 754. The summed E-state index contributed by atoms with van der Waals surface area (Å²) >= 11 is 0. The van der Waals surface area contributed by atoms with E-state index in [1.54, 1.807) is 7.11 Å².